The van der Waals surface area contributed by atoms with E-state index in [-0.39, 0.29) is 12.0 Å². The lowest BCUT2D eigenvalue weighted by Gasteiger charge is -2.09. The van der Waals surface area contributed by atoms with Crippen LogP contribution in [0.15, 0.2) is 54.2 Å². The Morgan fingerprint density at radius 3 is 2.80 bits per heavy atom. The van der Waals surface area contributed by atoms with Gasteiger partial charge in [0.25, 0.3) is 0 Å². The maximum atomic E-state index is 12.3. The molecule has 0 spiro atoms. The quantitative estimate of drug-likeness (QED) is 0.312. The van der Waals surface area contributed by atoms with E-state index >= 15 is 0 Å². The Balaban J connectivity index is 1.22. The Kier molecular flexibility index (Phi) is 6.87. The number of esters is 1. The summed E-state index contributed by atoms with van der Waals surface area (Å²) in [7, 11) is 0. The number of aryl methyl sites for hydroxylation is 1. The molecule has 1 fully saturated rings. The molecular formula is C24H24N8O2S. The number of pyridine rings is 1. The molecule has 35 heavy (non-hydrogen) atoms. The van der Waals surface area contributed by atoms with E-state index in [1.807, 2.05) is 30.5 Å². The van der Waals surface area contributed by atoms with Crippen molar-refractivity contribution in [2.75, 3.05) is 23.8 Å². The van der Waals surface area contributed by atoms with E-state index in [0.29, 0.717) is 46.3 Å². The zero-order valence-electron chi connectivity index (χ0n) is 19.1. The van der Waals surface area contributed by atoms with Gasteiger partial charge < -0.3 is 20.7 Å². The first-order valence-electron chi connectivity index (χ1n) is 11.3. The van der Waals surface area contributed by atoms with E-state index < -0.39 is 0 Å². The van der Waals surface area contributed by atoms with Gasteiger partial charge in [0.2, 0.25) is 5.95 Å². The summed E-state index contributed by atoms with van der Waals surface area (Å²) in [6.07, 6.45) is 5.46. The van der Waals surface area contributed by atoms with E-state index in [1.165, 1.54) is 11.3 Å². The topological polar surface area (TPSA) is 127 Å². The zero-order valence-corrected chi connectivity index (χ0v) is 19.9. The third-order valence-corrected chi connectivity index (χ3v) is 6.23. The van der Waals surface area contributed by atoms with Crippen LogP contribution in [0.3, 0.4) is 0 Å². The second-order valence-electron chi connectivity index (χ2n) is 8.04. The number of thiophene rings is 1. The summed E-state index contributed by atoms with van der Waals surface area (Å²) in [6, 6.07) is 11.2. The average Bonchev–Trinajstić information content (AvgIpc) is 3.56. The molecule has 5 heterocycles. The number of aromatic nitrogens is 5. The largest absolute Gasteiger partial charge is 0.460 e. The van der Waals surface area contributed by atoms with Crippen LogP contribution < -0.4 is 16.0 Å². The van der Waals surface area contributed by atoms with Crippen LogP contribution in [0.2, 0.25) is 0 Å². The van der Waals surface area contributed by atoms with Gasteiger partial charge in [0.05, 0.1) is 5.69 Å². The number of hydrogen-bond acceptors (Lipinski definition) is 11. The van der Waals surface area contributed by atoms with E-state index in [9.17, 15) is 4.79 Å². The maximum Gasteiger partial charge on any atom is 0.348 e. The molecule has 10 nitrogen and oxygen atoms in total. The normalized spacial score (nSPS) is 15.1. The fraction of sp³-hybridized carbons (Fsp3) is 0.250. The van der Waals surface area contributed by atoms with E-state index in [1.54, 1.807) is 30.6 Å². The van der Waals surface area contributed by atoms with Crippen molar-refractivity contribution in [3.8, 4) is 11.5 Å². The first-order chi connectivity index (χ1) is 17.1. The highest BCUT2D eigenvalue weighted by molar-refractivity contribution is 7.12. The molecule has 1 aliphatic heterocycles. The molecule has 0 unspecified atom stereocenters. The van der Waals surface area contributed by atoms with Gasteiger partial charge in [-0.15, -0.1) is 11.3 Å². The van der Waals surface area contributed by atoms with E-state index in [2.05, 4.69) is 40.9 Å². The van der Waals surface area contributed by atoms with Crippen LogP contribution in [0.4, 0.5) is 23.3 Å². The van der Waals surface area contributed by atoms with Gasteiger partial charge in [-0.1, -0.05) is 6.07 Å². The van der Waals surface area contributed by atoms with E-state index in [0.717, 1.165) is 25.1 Å². The molecular weight excluding hydrogens is 464 g/mol. The third-order valence-electron chi connectivity index (χ3n) is 5.32. The van der Waals surface area contributed by atoms with Crippen molar-refractivity contribution >= 4 is 40.6 Å². The molecule has 0 aromatic carbocycles. The lowest BCUT2D eigenvalue weighted by Crippen LogP contribution is -2.27. The molecule has 4 aromatic rings. The minimum absolute atomic E-state index is 0.249. The molecule has 0 bridgehead atoms. The van der Waals surface area contributed by atoms with Crippen molar-refractivity contribution in [1.82, 2.24) is 30.2 Å². The summed E-state index contributed by atoms with van der Waals surface area (Å²) in [5.74, 6) is 1.73. The van der Waals surface area contributed by atoms with Crippen LogP contribution in [0.5, 0.6) is 0 Å². The van der Waals surface area contributed by atoms with Crippen molar-refractivity contribution < 1.29 is 9.53 Å². The number of carbonyl (C=O) groups excluding carboxylic acids is 1. The Morgan fingerprint density at radius 2 is 1.97 bits per heavy atom. The maximum absolute atomic E-state index is 12.3. The van der Waals surface area contributed by atoms with Gasteiger partial charge in [-0.2, -0.15) is 4.98 Å². The Morgan fingerprint density at radius 1 is 1.11 bits per heavy atom. The molecule has 0 radical (unpaired) electrons. The van der Waals surface area contributed by atoms with Gasteiger partial charge in [-0.25, -0.2) is 24.7 Å². The molecule has 178 valence electrons. The van der Waals surface area contributed by atoms with Gasteiger partial charge in [0.15, 0.2) is 5.82 Å². The molecule has 1 saturated heterocycles. The van der Waals surface area contributed by atoms with E-state index in [4.69, 9.17) is 4.74 Å². The van der Waals surface area contributed by atoms with Crippen molar-refractivity contribution in [2.24, 2.45) is 0 Å². The number of anilines is 4. The second kappa shape index (κ2) is 10.5. The highest BCUT2D eigenvalue weighted by Crippen LogP contribution is 2.24. The fourth-order valence-corrected chi connectivity index (χ4v) is 4.35. The molecule has 11 heteroatoms. The number of carbonyl (C=O) groups is 1. The van der Waals surface area contributed by atoms with Crippen LogP contribution >= 0.6 is 11.3 Å². The predicted molar refractivity (Wildman–Crippen MR) is 134 cm³/mol. The number of hydrogen-bond donors (Lipinski definition) is 3. The molecule has 0 aliphatic carbocycles. The molecule has 5 rings (SSSR count). The Bertz CT molecular complexity index is 1320. The first kappa shape index (κ1) is 22.8. The van der Waals surface area contributed by atoms with Gasteiger partial charge in [-0.3, -0.25) is 0 Å². The summed E-state index contributed by atoms with van der Waals surface area (Å²) < 4.78 is 5.43. The minimum atomic E-state index is -0.323. The van der Waals surface area contributed by atoms with Gasteiger partial charge in [-0.05, 0) is 56.6 Å². The summed E-state index contributed by atoms with van der Waals surface area (Å²) in [6.45, 7) is 3.29. The molecule has 1 atom stereocenters. The Labute approximate surface area is 206 Å². The lowest BCUT2D eigenvalue weighted by molar-refractivity contribution is 0.0479. The van der Waals surface area contributed by atoms with Gasteiger partial charge >= 0.3 is 5.97 Å². The molecule has 1 aliphatic rings. The SMILES string of the molecule is Cc1cccc(-c2nccc(Nc3ccnc(Nc4csc(C(=O)OC[C@H]5CCCN5)c4)n3)n2)n1. The standard InChI is InChI=1S/C24H24N8O2S/c1-15-4-2-6-18(28-15)22-26-10-7-20(31-22)30-21-8-11-27-24(32-21)29-17-12-19(35-14-17)23(33)34-13-16-5-3-9-25-16/h2,4,6-8,10-12,14,16,25H,3,5,9,13H2,1H3,(H2,26,27,29,30,31,32)/t16-/m1/s1. The summed E-state index contributed by atoms with van der Waals surface area (Å²) >= 11 is 1.32. The first-order valence-corrected chi connectivity index (χ1v) is 12.1. The zero-order chi connectivity index (χ0) is 24.0. The van der Waals surface area contributed by atoms with Crippen LogP contribution in [0.25, 0.3) is 11.5 Å². The smallest absolute Gasteiger partial charge is 0.348 e. The molecule has 0 amide bonds. The van der Waals surface area contributed by atoms with Crippen molar-refractivity contribution in [2.45, 2.75) is 25.8 Å². The van der Waals surface area contributed by atoms with Crippen LogP contribution in [0, 0.1) is 6.92 Å². The second-order valence-corrected chi connectivity index (χ2v) is 8.95. The highest BCUT2D eigenvalue weighted by atomic mass is 32.1. The summed E-state index contributed by atoms with van der Waals surface area (Å²) in [5, 5.41) is 11.5. The summed E-state index contributed by atoms with van der Waals surface area (Å²) in [4.78, 5) is 35.0. The number of ether oxygens (including phenoxy) is 1. The van der Waals surface area contributed by atoms with Crippen molar-refractivity contribution in [3.05, 3.63) is 64.7 Å². The van der Waals surface area contributed by atoms with Gasteiger partial charge in [0.1, 0.15) is 28.8 Å². The number of nitrogens with one attached hydrogen (secondary N) is 3. The van der Waals surface area contributed by atoms with Gasteiger partial charge in [0, 0.05) is 29.5 Å². The monoisotopic (exact) mass is 488 g/mol. The van der Waals surface area contributed by atoms with Crippen LogP contribution in [-0.2, 0) is 4.74 Å². The fourth-order valence-electron chi connectivity index (χ4n) is 3.62. The number of nitrogens with zero attached hydrogens (tertiary/aromatic N) is 5. The van der Waals surface area contributed by atoms with Crippen LogP contribution in [-0.4, -0.2) is 50.1 Å². The average molecular weight is 489 g/mol. The van der Waals surface area contributed by atoms with Crippen molar-refractivity contribution in [1.29, 1.82) is 0 Å². The van der Waals surface area contributed by atoms with Crippen LogP contribution in [0.1, 0.15) is 28.2 Å². The number of rotatable bonds is 8. The Hall–Kier alpha value is -3.96. The summed E-state index contributed by atoms with van der Waals surface area (Å²) in [5.41, 5.74) is 2.31. The highest BCUT2D eigenvalue weighted by Gasteiger charge is 2.18. The van der Waals surface area contributed by atoms with Crippen molar-refractivity contribution in [3.63, 3.8) is 0 Å². The molecule has 0 saturated carbocycles. The molecule has 4 aromatic heterocycles. The predicted octanol–water partition coefficient (Wildman–Crippen LogP) is 4.09. The lowest BCUT2D eigenvalue weighted by atomic mass is 10.2. The third kappa shape index (κ3) is 5.94. The minimum Gasteiger partial charge on any atom is -0.460 e. The molecule has 3 N–H and O–H groups in total.